The van der Waals surface area contributed by atoms with Gasteiger partial charge in [-0.15, -0.1) is 0 Å². The van der Waals surface area contributed by atoms with Crippen LogP contribution in [-0.2, 0) is 20.9 Å². The molecule has 0 unspecified atom stereocenters. The van der Waals surface area contributed by atoms with Crippen LogP contribution in [0, 0.1) is 0 Å². The summed E-state index contributed by atoms with van der Waals surface area (Å²) in [7, 11) is 0. The summed E-state index contributed by atoms with van der Waals surface area (Å²) in [5.74, 6) is 0.805. The first kappa shape index (κ1) is 16.1. The number of carbonyl (C=O) groups is 3. The maximum Gasteiger partial charge on any atom is 0.232 e. The first-order valence-corrected chi connectivity index (χ1v) is 7.78. The summed E-state index contributed by atoms with van der Waals surface area (Å²) in [5.41, 5.74) is 0.875. The van der Waals surface area contributed by atoms with Crippen LogP contribution >= 0.6 is 0 Å². The quantitative estimate of drug-likeness (QED) is 0.592. The molecule has 0 aromatic heterocycles. The fraction of sp³-hybridized carbons (Fsp3) is 0.438. The van der Waals surface area contributed by atoms with E-state index >= 15 is 0 Å². The highest BCUT2D eigenvalue weighted by Crippen LogP contribution is 2.32. The molecule has 1 N–H and O–H groups in total. The van der Waals surface area contributed by atoms with Crippen molar-refractivity contribution in [2.75, 3.05) is 33.0 Å². The number of nitrogens with one attached hydrogen (secondary N) is 1. The Hall–Kier alpha value is -2.77. The fourth-order valence-corrected chi connectivity index (χ4v) is 2.64. The molecule has 1 fully saturated rings. The summed E-state index contributed by atoms with van der Waals surface area (Å²) in [4.78, 5) is 37.9. The molecule has 0 aliphatic carbocycles. The molecule has 8 heteroatoms. The van der Waals surface area contributed by atoms with E-state index in [0.717, 1.165) is 12.0 Å². The Morgan fingerprint density at radius 2 is 1.88 bits per heavy atom. The Balaban J connectivity index is 1.44. The molecule has 24 heavy (non-hydrogen) atoms. The van der Waals surface area contributed by atoms with E-state index in [1.807, 2.05) is 12.1 Å². The number of amides is 3. The van der Waals surface area contributed by atoms with Gasteiger partial charge in [0.15, 0.2) is 11.5 Å². The van der Waals surface area contributed by atoms with Crippen LogP contribution in [0.2, 0.25) is 0 Å². The highest BCUT2D eigenvalue weighted by molar-refractivity contribution is 5.96. The largest absolute Gasteiger partial charge is 0.454 e. The zero-order valence-corrected chi connectivity index (χ0v) is 13.2. The second kappa shape index (κ2) is 7.20. The van der Waals surface area contributed by atoms with E-state index in [0.29, 0.717) is 44.2 Å². The molecule has 3 amide bonds. The molecule has 0 atom stereocenters. The first-order valence-electron chi connectivity index (χ1n) is 7.78. The third kappa shape index (κ3) is 3.76. The average molecular weight is 333 g/mol. The second-order valence-electron chi connectivity index (χ2n) is 5.66. The lowest BCUT2D eigenvalue weighted by atomic mass is 10.2. The van der Waals surface area contributed by atoms with Crippen molar-refractivity contribution in [3.8, 4) is 11.5 Å². The van der Waals surface area contributed by atoms with Crippen LogP contribution in [0.5, 0.6) is 11.5 Å². The van der Waals surface area contributed by atoms with Gasteiger partial charge < -0.3 is 24.6 Å². The van der Waals surface area contributed by atoms with Gasteiger partial charge in [0.05, 0.1) is 0 Å². The van der Waals surface area contributed by atoms with Gasteiger partial charge in [0.1, 0.15) is 6.42 Å². The zero-order chi connectivity index (χ0) is 16.9. The number of hydrogen-bond donors (Lipinski definition) is 1. The molecule has 3 rings (SSSR count). The van der Waals surface area contributed by atoms with Gasteiger partial charge in [-0.05, 0) is 17.7 Å². The molecule has 2 aliphatic rings. The predicted molar refractivity (Wildman–Crippen MR) is 83.2 cm³/mol. The molecule has 1 aromatic carbocycles. The Morgan fingerprint density at radius 1 is 1.12 bits per heavy atom. The van der Waals surface area contributed by atoms with Crippen molar-refractivity contribution in [2.45, 2.75) is 13.0 Å². The molecule has 0 bridgehead atoms. The van der Waals surface area contributed by atoms with Crippen LogP contribution in [0.15, 0.2) is 18.2 Å². The monoisotopic (exact) mass is 333 g/mol. The zero-order valence-electron chi connectivity index (χ0n) is 13.2. The summed E-state index contributed by atoms with van der Waals surface area (Å²) >= 11 is 0. The van der Waals surface area contributed by atoms with Crippen molar-refractivity contribution in [3.63, 3.8) is 0 Å². The molecular formula is C16H19N3O5. The second-order valence-corrected chi connectivity index (χ2v) is 5.66. The topological polar surface area (TPSA) is 88.2 Å². The SMILES string of the molecule is O=CN1CCN(C(=O)CC(=O)NCc2ccc3c(c2)OCO3)CC1. The van der Waals surface area contributed by atoms with Gasteiger partial charge in [0.2, 0.25) is 25.0 Å². The Morgan fingerprint density at radius 3 is 2.62 bits per heavy atom. The van der Waals surface area contributed by atoms with Crippen LogP contribution in [-0.4, -0.2) is 61.0 Å². The smallest absolute Gasteiger partial charge is 0.232 e. The summed E-state index contributed by atoms with van der Waals surface area (Å²) < 4.78 is 10.5. The Bertz CT molecular complexity index is 641. The van der Waals surface area contributed by atoms with E-state index in [9.17, 15) is 14.4 Å². The van der Waals surface area contributed by atoms with Gasteiger partial charge in [-0.3, -0.25) is 14.4 Å². The van der Waals surface area contributed by atoms with Gasteiger partial charge >= 0.3 is 0 Å². The minimum absolute atomic E-state index is 0.189. The lowest BCUT2D eigenvalue weighted by molar-refractivity contribution is -0.139. The first-order chi connectivity index (χ1) is 11.7. The van der Waals surface area contributed by atoms with Crippen molar-refractivity contribution in [3.05, 3.63) is 23.8 Å². The molecule has 1 saturated heterocycles. The number of fused-ring (bicyclic) bond motifs is 1. The molecule has 0 radical (unpaired) electrons. The highest BCUT2D eigenvalue weighted by Gasteiger charge is 2.22. The number of benzene rings is 1. The minimum Gasteiger partial charge on any atom is -0.454 e. The standard InChI is InChI=1S/C16H19N3O5/c20-10-18-3-5-19(6-4-18)16(22)8-15(21)17-9-12-1-2-13-14(7-12)24-11-23-13/h1-2,7,10H,3-6,8-9,11H2,(H,17,21). The molecule has 0 saturated carbocycles. The number of ether oxygens (including phenoxy) is 2. The molecular weight excluding hydrogens is 314 g/mol. The molecule has 8 nitrogen and oxygen atoms in total. The lowest BCUT2D eigenvalue weighted by Crippen LogP contribution is -2.48. The number of nitrogens with zero attached hydrogens (tertiary/aromatic N) is 2. The number of rotatable bonds is 5. The van der Waals surface area contributed by atoms with E-state index in [2.05, 4.69) is 5.32 Å². The van der Waals surface area contributed by atoms with Crippen molar-refractivity contribution in [2.24, 2.45) is 0 Å². The van der Waals surface area contributed by atoms with Gasteiger partial charge in [-0.25, -0.2) is 0 Å². The molecule has 2 heterocycles. The highest BCUT2D eigenvalue weighted by atomic mass is 16.7. The van der Waals surface area contributed by atoms with Crippen LogP contribution < -0.4 is 14.8 Å². The lowest BCUT2D eigenvalue weighted by Gasteiger charge is -2.32. The van der Waals surface area contributed by atoms with E-state index in [4.69, 9.17) is 9.47 Å². The Kier molecular flexibility index (Phi) is 4.83. The normalized spacial score (nSPS) is 16.0. The van der Waals surface area contributed by atoms with Crippen LogP contribution in [0.4, 0.5) is 0 Å². The molecule has 2 aliphatic heterocycles. The minimum atomic E-state index is -0.324. The van der Waals surface area contributed by atoms with E-state index in [1.165, 1.54) is 0 Å². The van der Waals surface area contributed by atoms with Crippen LogP contribution in [0.3, 0.4) is 0 Å². The predicted octanol–water partition coefficient (Wildman–Crippen LogP) is -0.278. The van der Waals surface area contributed by atoms with E-state index in [-0.39, 0.29) is 25.0 Å². The van der Waals surface area contributed by atoms with Crippen molar-refractivity contribution in [1.29, 1.82) is 0 Å². The number of piperazine rings is 1. The third-order valence-corrected chi connectivity index (χ3v) is 4.05. The van der Waals surface area contributed by atoms with Gasteiger partial charge in [-0.2, -0.15) is 0 Å². The summed E-state index contributed by atoms with van der Waals surface area (Å²) in [6.07, 6.45) is 0.589. The molecule has 128 valence electrons. The van der Waals surface area contributed by atoms with Gasteiger partial charge in [-0.1, -0.05) is 6.07 Å². The summed E-state index contributed by atoms with van der Waals surface area (Å²) in [5, 5.41) is 2.73. The summed E-state index contributed by atoms with van der Waals surface area (Å²) in [6.45, 7) is 2.47. The van der Waals surface area contributed by atoms with Crippen molar-refractivity contribution in [1.82, 2.24) is 15.1 Å². The van der Waals surface area contributed by atoms with Gasteiger partial charge in [0.25, 0.3) is 0 Å². The van der Waals surface area contributed by atoms with E-state index in [1.54, 1.807) is 15.9 Å². The van der Waals surface area contributed by atoms with Crippen LogP contribution in [0.25, 0.3) is 0 Å². The molecule has 0 spiro atoms. The third-order valence-electron chi connectivity index (χ3n) is 4.05. The fourth-order valence-electron chi connectivity index (χ4n) is 2.64. The number of carbonyl (C=O) groups excluding carboxylic acids is 3. The van der Waals surface area contributed by atoms with Crippen LogP contribution in [0.1, 0.15) is 12.0 Å². The average Bonchev–Trinajstić information content (AvgIpc) is 3.07. The summed E-state index contributed by atoms with van der Waals surface area (Å²) in [6, 6.07) is 5.44. The van der Waals surface area contributed by atoms with E-state index < -0.39 is 0 Å². The molecule has 1 aromatic rings. The van der Waals surface area contributed by atoms with Crippen molar-refractivity contribution < 1.29 is 23.9 Å². The Labute approximate surface area is 139 Å². The maximum absolute atomic E-state index is 12.1. The van der Waals surface area contributed by atoms with Crippen molar-refractivity contribution >= 4 is 18.2 Å². The number of hydrogen-bond acceptors (Lipinski definition) is 5. The van der Waals surface area contributed by atoms with Gasteiger partial charge in [0, 0.05) is 32.7 Å². The maximum atomic E-state index is 12.1.